The molecule has 0 aliphatic carbocycles. The molecular weight excluding hydrogens is 200 g/mol. The van der Waals surface area contributed by atoms with E-state index in [1.165, 1.54) is 0 Å². The van der Waals surface area contributed by atoms with Gasteiger partial charge in [0.25, 0.3) is 0 Å². The first kappa shape index (κ1) is 13.5. The van der Waals surface area contributed by atoms with Crippen molar-refractivity contribution in [1.82, 2.24) is 0 Å². The van der Waals surface area contributed by atoms with Crippen LogP contribution in [0, 0.1) is 5.41 Å². The van der Waals surface area contributed by atoms with Gasteiger partial charge < -0.3 is 9.84 Å². The maximum absolute atomic E-state index is 9.82. The third-order valence-corrected chi connectivity index (χ3v) is 3.31. The third kappa shape index (κ3) is 3.46. The van der Waals surface area contributed by atoms with Gasteiger partial charge in [-0.15, -0.1) is 0 Å². The van der Waals surface area contributed by atoms with Crippen molar-refractivity contribution in [2.45, 2.75) is 58.8 Å². The predicted octanol–water partition coefficient (Wildman–Crippen LogP) is 3.07. The van der Waals surface area contributed by atoms with Gasteiger partial charge in [0.15, 0.2) is 0 Å². The summed E-state index contributed by atoms with van der Waals surface area (Å²) < 4.78 is 5.91. The van der Waals surface area contributed by atoms with Crippen LogP contribution in [-0.2, 0) is 4.74 Å². The number of rotatable bonds is 2. The van der Waals surface area contributed by atoms with Gasteiger partial charge in [0.1, 0.15) is 0 Å². The van der Waals surface area contributed by atoms with Crippen molar-refractivity contribution in [3.8, 4) is 0 Å². The molecule has 92 valence electrons. The molecule has 1 fully saturated rings. The molecular formula is C14H24O2. The summed E-state index contributed by atoms with van der Waals surface area (Å²) in [5, 5.41) is 9.82. The van der Waals surface area contributed by atoms with Crippen molar-refractivity contribution < 1.29 is 9.84 Å². The SMILES string of the molecule is C=C(C)/C=C/C1OC(C)C(O)CCC1(C)C. The summed E-state index contributed by atoms with van der Waals surface area (Å²) in [5.74, 6) is 0. The first-order valence-corrected chi connectivity index (χ1v) is 6.00. The minimum atomic E-state index is -0.345. The second kappa shape index (κ2) is 5.15. The van der Waals surface area contributed by atoms with Crippen molar-refractivity contribution in [1.29, 1.82) is 0 Å². The van der Waals surface area contributed by atoms with E-state index in [2.05, 4.69) is 26.5 Å². The summed E-state index contributed by atoms with van der Waals surface area (Å²) in [6.45, 7) is 12.1. The Bertz CT molecular complexity index is 278. The third-order valence-electron chi connectivity index (χ3n) is 3.31. The second-order valence-corrected chi connectivity index (χ2v) is 5.56. The van der Waals surface area contributed by atoms with Crippen molar-refractivity contribution in [3.05, 3.63) is 24.3 Å². The summed E-state index contributed by atoms with van der Waals surface area (Å²) in [4.78, 5) is 0. The van der Waals surface area contributed by atoms with Crippen LogP contribution in [0.2, 0.25) is 0 Å². The Kier molecular flexibility index (Phi) is 4.34. The highest BCUT2D eigenvalue weighted by Crippen LogP contribution is 2.35. The first-order chi connectivity index (χ1) is 7.33. The lowest BCUT2D eigenvalue weighted by Crippen LogP contribution is -2.32. The number of aliphatic hydroxyl groups excluding tert-OH is 1. The number of hydrogen-bond donors (Lipinski definition) is 1. The van der Waals surface area contributed by atoms with Crippen LogP contribution in [-0.4, -0.2) is 23.4 Å². The van der Waals surface area contributed by atoms with Crippen LogP contribution in [0.25, 0.3) is 0 Å². The fraction of sp³-hybridized carbons (Fsp3) is 0.714. The molecule has 1 heterocycles. The van der Waals surface area contributed by atoms with E-state index in [-0.39, 0.29) is 23.7 Å². The fourth-order valence-electron chi connectivity index (χ4n) is 1.96. The van der Waals surface area contributed by atoms with Crippen LogP contribution < -0.4 is 0 Å². The number of aliphatic hydroxyl groups is 1. The molecule has 1 saturated heterocycles. The van der Waals surface area contributed by atoms with Gasteiger partial charge in [-0.25, -0.2) is 0 Å². The van der Waals surface area contributed by atoms with Crippen LogP contribution in [0.4, 0.5) is 0 Å². The molecule has 1 rings (SSSR count). The zero-order chi connectivity index (χ0) is 12.3. The van der Waals surface area contributed by atoms with Crippen molar-refractivity contribution >= 4 is 0 Å². The zero-order valence-electron chi connectivity index (χ0n) is 10.9. The van der Waals surface area contributed by atoms with Crippen molar-refractivity contribution in [2.24, 2.45) is 5.41 Å². The quantitative estimate of drug-likeness (QED) is 0.730. The largest absolute Gasteiger partial charge is 0.390 e. The van der Waals surface area contributed by atoms with E-state index in [0.29, 0.717) is 0 Å². The summed E-state index contributed by atoms with van der Waals surface area (Å²) in [6.07, 6.45) is 5.46. The Morgan fingerprint density at radius 1 is 1.50 bits per heavy atom. The molecule has 0 radical (unpaired) electrons. The van der Waals surface area contributed by atoms with Crippen LogP contribution in [0.15, 0.2) is 24.3 Å². The smallest absolute Gasteiger partial charge is 0.0814 e. The monoisotopic (exact) mass is 224 g/mol. The van der Waals surface area contributed by atoms with Gasteiger partial charge in [-0.1, -0.05) is 38.2 Å². The van der Waals surface area contributed by atoms with Crippen LogP contribution in [0.5, 0.6) is 0 Å². The van der Waals surface area contributed by atoms with Gasteiger partial charge in [0, 0.05) is 0 Å². The summed E-state index contributed by atoms with van der Waals surface area (Å²) in [6, 6.07) is 0. The van der Waals surface area contributed by atoms with E-state index >= 15 is 0 Å². The van der Waals surface area contributed by atoms with Gasteiger partial charge >= 0.3 is 0 Å². The van der Waals surface area contributed by atoms with Crippen LogP contribution >= 0.6 is 0 Å². The van der Waals surface area contributed by atoms with Gasteiger partial charge in [-0.2, -0.15) is 0 Å². The maximum atomic E-state index is 9.82. The van der Waals surface area contributed by atoms with Gasteiger partial charge in [-0.05, 0) is 32.1 Å². The lowest BCUT2D eigenvalue weighted by atomic mass is 9.81. The van der Waals surface area contributed by atoms with Crippen LogP contribution in [0.1, 0.15) is 40.5 Å². The van der Waals surface area contributed by atoms with Gasteiger partial charge in [0.2, 0.25) is 0 Å². The Hall–Kier alpha value is -0.600. The molecule has 3 unspecified atom stereocenters. The van der Waals surface area contributed by atoms with Gasteiger partial charge in [0.05, 0.1) is 18.3 Å². The molecule has 0 amide bonds. The average Bonchev–Trinajstić information content (AvgIpc) is 2.27. The van der Waals surface area contributed by atoms with Gasteiger partial charge in [-0.3, -0.25) is 0 Å². The normalized spacial score (nSPS) is 34.9. The highest BCUT2D eigenvalue weighted by molar-refractivity contribution is 5.14. The second-order valence-electron chi connectivity index (χ2n) is 5.56. The van der Waals surface area contributed by atoms with E-state index in [4.69, 9.17) is 4.74 Å². The van der Waals surface area contributed by atoms with E-state index in [1.54, 1.807) is 0 Å². The maximum Gasteiger partial charge on any atom is 0.0814 e. The van der Waals surface area contributed by atoms with E-state index in [0.717, 1.165) is 18.4 Å². The molecule has 1 aliphatic rings. The number of allylic oxidation sites excluding steroid dienone is 2. The first-order valence-electron chi connectivity index (χ1n) is 6.00. The minimum absolute atomic E-state index is 0.0522. The molecule has 0 aromatic heterocycles. The molecule has 1 aliphatic heterocycles. The summed E-state index contributed by atoms with van der Waals surface area (Å²) in [7, 11) is 0. The van der Waals surface area contributed by atoms with E-state index < -0.39 is 0 Å². The fourth-order valence-corrected chi connectivity index (χ4v) is 1.96. The Labute approximate surface area is 99.0 Å². The predicted molar refractivity (Wildman–Crippen MR) is 67.3 cm³/mol. The lowest BCUT2D eigenvalue weighted by molar-refractivity contribution is -0.0624. The Morgan fingerprint density at radius 3 is 2.69 bits per heavy atom. The molecule has 16 heavy (non-hydrogen) atoms. The summed E-state index contributed by atoms with van der Waals surface area (Å²) in [5.41, 5.74) is 1.09. The average molecular weight is 224 g/mol. The molecule has 2 heteroatoms. The van der Waals surface area contributed by atoms with E-state index in [9.17, 15) is 5.11 Å². The lowest BCUT2D eigenvalue weighted by Gasteiger charge is -2.30. The minimum Gasteiger partial charge on any atom is -0.390 e. The molecule has 3 atom stereocenters. The highest BCUT2D eigenvalue weighted by Gasteiger charge is 2.35. The molecule has 0 saturated carbocycles. The number of ether oxygens (including phenoxy) is 1. The molecule has 0 spiro atoms. The van der Waals surface area contributed by atoms with Crippen LogP contribution in [0.3, 0.4) is 0 Å². The molecule has 1 N–H and O–H groups in total. The number of hydrogen-bond acceptors (Lipinski definition) is 2. The molecule has 2 nitrogen and oxygen atoms in total. The van der Waals surface area contributed by atoms with E-state index in [1.807, 2.05) is 19.9 Å². The Morgan fingerprint density at radius 2 is 2.12 bits per heavy atom. The highest BCUT2D eigenvalue weighted by atomic mass is 16.5. The molecule has 0 bridgehead atoms. The molecule has 0 aromatic carbocycles. The van der Waals surface area contributed by atoms with Crippen molar-refractivity contribution in [3.63, 3.8) is 0 Å². The Balaban J connectivity index is 2.81. The standard InChI is InChI=1S/C14H24O2/c1-10(2)6-7-13-14(4,5)9-8-12(15)11(3)16-13/h6-7,11-13,15H,1,8-9H2,2-5H3/b7-6+. The zero-order valence-corrected chi connectivity index (χ0v) is 10.9. The molecule has 0 aromatic rings. The topological polar surface area (TPSA) is 29.5 Å². The summed E-state index contributed by atoms with van der Waals surface area (Å²) >= 11 is 0. The van der Waals surface area contributed by atoms with Crippen molar-refractivity contribution in [2.75, 3.05) is 0 Å².